The summed E-state index contributed by atoms with van der Waals surface area (Å²) in [6.07, 6.45) is 12.7. The lowest BCUT2D eigenvalue weighted by molar-refractivity contribution is -0.104. The van der Waals surface area contributed by atoms with Crippen LogP contribution in [0.25, 0.3) is 0 Å². The lowest BCUT2D eigenvalue weighted by Gasteiger charge is -2.12. The summed E-state index contributed by atoms with van der Waals surface area (Å²) in [6, 6.07) is 0. The molecular weight excluding hydrogens is 196 g/mol. The summed E-state index contributed by atoms with van der Waals surface area (Å²) < 4.78 is 0. The summed E-state index contributed by atoms with van der Waals surface area (Å²) in [5, 5.41) is 0. The number of rotatable bonds is 7. The van der Waals surface area contributed by atoms with Crippen LogP contribution in [0, 0.1) is 11.8 Å². The minimum absolute atomic E-state index is 0.620. The van der Waals surface area contributed by atoms with E-state index in [0.717, 1.165) is 12.2 Å². The van der Waals surface area contributed by atoms with Crippen LogP contribution in [0.5, 0.6) is 0 Å². The summed E-state index contributed by atoms with van der Waals surface area (Å²) in [6.45, 7) is 8.88. The number of hydrogen-bond acceptors (Lipinski definition) is 1. The van der Waals surface area contributed by atoms with Crippen LogP contribution in [0.1, 0.15) is 40.5 Å². The predicted molar refractivity (Wildman–Crippen MR) is 71.3 cm³/mol. The smallest absolute Gasteiger partial charge is 0.142 e. The zero-order valence-electron chi connectivity index (χ0n) is 10.9. The summed E-state index contributed by atoms with van der Waals surface area (Å²) in [5.41, 5.74) is 1.26. The van der Waals surface area contributed by atoms with Crippen LogP contribution in [-0.2, 0) is 4.79 Å². The van der Waals surface area contributed by atoms with Gasteiger partial charge in [0, 0.05) is 0 Å². The monoisotopic (exact) mass is 220 g/mol. The third-order valence-electron chi connectivity index (χ3n) is 2.68. The summed E-state index contributed by atoms with van der Waals surface area (Å²) in [7, 11) is 0. The normalized spacial score (nSPS) is 16.9. The standard InChI is InChI=1S/C15H24O/c1-5-13(2)11-15(4)12-14(3)9-7-6-8-10-16/h6-10,12-13,15H,5,11H2,1-4H3/b8-6+,9-7+,14-12+/t13-,15-/m0/s1. The van der Waals surface area contributed by atoms with Crippen molar-refractivity contribution in [2.45, 2.75) is 40.5 Å². The first-order valence-electron chi connectivity index (χ1n) is 6.07. The van der Waals surface area contributed by atoms with Crippen molar-refractivity contribution in [3.63, 3.8) is 0 Å². The Morgan fingerprint density at radius 1 is 1.19 bits per heavy atom. The molecule has 0 aliphatic heterocycles. The minimum Gasteiger partial charge on any atom is -0.299 e. The zero-order valence-corrected chi connectivity index (χ0v) is 10.9. The van der Waals surface area contributed by atoms with Gasteiger partial charge < -0.3 is 0 Å². The van der Waals surface area contributed by atoms with Crippen LogP contribution < -0.4 is 0 Å². The average molecular weight is 220 g/mol. The number of carbonyl (C=O) groups excluding carboxylic acids is 1. The third kappa shape index (κ3) is 8.22. The van der Waals surface area contributed by atoms with Crippen molar-refractivity contribution >= 4 is 6.29 Å². The number of hydrogen-bond donors (Lipinski definition) is 0. The summed E-state index contributed by atoms with van der Waals surface area (Å²) >= 11 is 0. The van der Waals surface area contributed by atoms with Crippen LogP contribution in [-0.4, -0.2) is 6.29 Å². The van der Waals surface area contributed by atoms with Gasteiger partial charge in [-0.05, 0) is 31.3 Å². The third-order valence-corrected chi connectivity index (χ3v) is 2.68. The molecule has 1 nitrogen and oxygen atoms in total. The molecule has 0 radical (unpaired) electrons. The largest absolute Gasteiger partial charge is 0.299 e. The Kier molecular flexibility index (Phi) is 8.51. The molecule has 0 saturated heterocycles. The molecule has 0 N–H and O–H groups in total. The van der Waals surface area contributed by atoms with E-state index in [1.165, 1.54) is 24.5 Å². The number of carbonyl (C=O) groups is 1. The van der Waals surface area contributed by atoms with E-state index in [0.29, 0.717) is 5.92 Å². The fraction of sp³-hybridized carbons (Fsp3) is 0.533. The van der Waals surface area contributed by atoms with E-state index in [1.54, 1.807) is 6.08 Å². The van der Waals surface area contributed by atoms with Crippen LogP contribution >= 0.6 is 0 Å². The predicted octanol–water partition coefficient (Wildman–Crippen LogP) is 4.32. The van der Waals surface area contributed by atoms with Crippen molar-refractivity contribution < 1.29 is 4.79 Å². The molecule has 0 heterocycles. The van der Waals surface area contributed by atoms with E-state index in [1.807, 2.05) is 12.2 Å². The highest BCUT2D eigenvalue weighted by Gasteiger charge is 2.04. The molecule has 2 atom stereocenters. The van der Waals surface area contributed by atoms with Gasteiger partial charge in [-0.3, -0.25) is 4.79 Å². The van der Waals surface area contributed by atoms with E-state index in [4.69, 9.17) is 0 Å². The Morgan fingerprint density at radius 2 is 1.88 bits per heavy atom. The van der Waals surface area contributed by atoms with Gasteiger partial charge in [0.15, 0.2) is 0 Å². The molecule has 0 rings (SSSR count). The molecule has 0 bridgehead atoms. The van der Waals surface area contributed by atoms with Gasteiger partial charge in [0.1, 0.15) is 6.29 Å². The Balaban J connectivity index is 4.14. The molecule has 0 aromatic rings. The molecule has 0 aliphatic rings. The molecule has 0 fully saturated rings. The zero-order chi connectivity index (χ0) is 12.4. The maximum absolute atomic E-state index is 10.0. The molecule has 1 heteroatoms. The van der Waals surface area contributed by atoms with Crippen LogP contribution in [0.2, 0.25) is 0 Å². The van der Waals surface area contributed by atoms with Crippen molar-refractivity contribution in [1.29, 1.82) is 0 Å². The van der Waals surface area contributed by atoms with Gasteiger partial charge in [-0.2, -0.15) is 0 Å². The fourth-order valence-electron chi connectivity index (χ4n) is 1.69. The van der Waals surface area contributed by atoms with Crippen molar-refractivity contribution in [1.82, 2.24) is 0 Å². The maximum atomic E-state index is 10.0. The van der Waals surface area contributed by atoms with Gasteiger partial charge in [-0.15, -0.1) is 0 Å². The summed E-state index contributed by atoms with van der Waals surface area (Å²) in [5.74, 6) is 1.41. The molecule has 90 valence electrons. The number of aldehydes is 1. The van der Waals surface area contributed by atoms with Gasteiger partial charge in [0.05, 0.1) is 0 Å². The second-order valence-corrected chi connectivity index (χ2v) is 4.52. The first-order valence-corrected chi connectivity index (χ1v) is 6.07. The Hall–Kier alpha value is -1.11. The molecule has 16 heavy (non-hydrogen) atoms. The highest BCUT2D eigenvalue weighted by molar-refractivity contribution is 5.65. The topological polar surface area (TPSA) is 17.1 Å². The molecule has 0 aliphatic carbocycles. The molecule has 0 aromatic heterocycles. The molecule has 0 saturated carbocycles. The summed E-state index contributed by atoms with van der Waals surface area (Å²) in [4.78, 5) is 10.0. The van der Waals surface area contributed by atoms with Gasteiger partial charge >= 0.3 is 0 Å². The van der Waals surface area contributed by atoms with Crippen LogP contribution in [0.15, 0.2) is 36.0 Å². The van der Waals surface area contributed by atoms with E-state index in [-0.39, 0.29) is 0 Å². The van der Waals surface area contributed by atoms with Gasteiger partial charge in [0.2, 0.25) is 0 Å². The van der Waals surface area contributed by atoms with Crippen molar-refractivity contribution in [3.8, 4) is 0 Å². The fourth-order valence-corrected chi connectivity index (χ4v) is 1.69. The Morgan fingerprint density at radius 3 is 2.44 bits per heavy atom. The Labute approximate surface area is 99.9 Å². The van der Waals surface area contributed by atoms with Gasteiger partial charge in [-0.25, -0.2) is 0 Å². The first kappa shape index (κ1) is 14.9. The van der Waals surface area contributed by atoms with Crippen molar-refractivity contribution in [2.75, 3.05) is 0 Å². The van der Waals surface area contributed by atoms with Gasteiger partial charge in [0.25, 0.3) is 0 Å². The minimum atomic E-state index is 0.620. The van der Waals surface area contributed by atoms with E-state index >= 15 is 0 Å². The first-order chi connectivity index (χ1) is 7.60. The van der Waals surface area contributed by atoms with Crippen molar-refractivity contribution in [2.24, 2.45) is 11.8 Å². The lowest BCUT2D eigenvalue weighted by atomic mass is 9.94. The maximum Gasteiger partial charge on any atom is 0.142 e. The average Bonchev–Trinajstić information content (AvgIpc) is 2.24. The molecular formula is C15H24O. The molecule has 0 aromatic carbocycles. The van der Waals surface area contributed by atoms with Crippen molar-refractivity contribution in [3.05, 3.63) is 36.0 Å². The SMILES string of the molecule is CC[C@H](C)C[C@H](C)/C=C(C)/C=C/C=C/C=O. The second kappa shape index (κ2) is 9.14. The second-order valence-electron chi connectivity index (χ2n) is 4.52. The quantitative estimate of drug-likeness (QED) is 0.355. The highest BCUT2D eigenvalue weighted by atomic mass is 16.1. The van der Waals surface area contributed by atoms with E-state index < -0.39 is 0 Å². The Bertz CT molecular complexity index is 271. The van der Waals surface area contributed by atoms with Crippen LogP contribution in [0.4, 0.5) is 0 Å². The highest BCUT2D eigenvalue weighted by Crippen LogP contribution is 2.17. The van der Waals surface area contributed by atoms with Crippen LogP contribution in [0.3, 0.4) is 0 Å². The lowest BCUT2D eigenvalue weighted by Crippen LogP contribution is -1.99. The molecule has 0 unspecified atom stereocenters. The van der Waals surface area contributed by atoms with E-state index in [9.17, 15) is 4.79 Å². The molecule has 0 amide bonds. The number of allylic oxidation sites excluding steroid dienone is 6. The van der Waals surface area contributed by atoms with E-state index in [2.05, 4.69) is 33.8 Å². The molecule has 0 spiro atoms. The van der Waals surface area contributed by atoms with Gasteiger partial charge in [-0.1, -0.05) is 57.1 Å².